The van der Waals surface area contributed by atoms with E-state index in [1.165, 1.54) is 12.1 Å². The smallest absolute Gasteiger partial charge is 0.185 e. The van der Waals surface area contributed by atoms with Gasteiger partial charge in [0, 0.05) is 0 Å². The molecule has 0 N–H and O–H groups in total. The lowest BCUT2D eigenvalue weighted by Gasteiger charge is -2.32. The highest BCUT2D eigenvalue weighted by Gasteiger charge is 2.29. The van der Waals surface area contributed by atoms with Gasteiger partial charge in [0.25, 0.3) is 0 Å². The van der Waals surface area contributed by atoms with E-state index < -0.39 is 24.5 Å². The predicted molar refractivity (Wildman–Crippen MR) is 106 cm³/mol. The molecular weight excluding hydrogens is 304 g/mol. The molecule has 0 bridgehead atoms. The molecule has 0 heterocycles. The summed E-state index contributed by atoms with van der Waals surface area (Å²) in [6.07, 6.45) is 0.960. The minimum absolute atomic E-state index is 0.264. The van der Waals surface area contributed by atoms with Crippen LogP contribution in [0.25, 0.3) is 0 Å². The Labute approximate surface area is 136 Å². The molecule has 1 unspecified atom stereocenters. The molecule has 4 heteroatoms. The third-order valence-electron chi connectivity index (χ3n) is 3.82. The van der Waals surface area contributed by atoms with Crippen LogP contribution in [0.5, 0.6) is 0 Å². The van der Waals surface area contributed by atoms with Crippen LogP contribution in [0, 0.1) is 11.5 Å². The van der Waals surface area contributed by atoms with Crippen molar-refractivity contribution in [2.75, 3.05) is 0 Å². The van der Waals surface area contributed by atoms with Gasteiger partial charge >= 0.3 is 0 Å². The number of rotatable bonds is 7. The van der Waals surface area contributed by atoms with E-state index in [9.17, 15) is 0 Å². The average Bonchev–Trinajstić information content (AvgIpc) is 2.33. The molecule has 0 aromatic carbocycles. The summed E-state index contributed by atoms with van der Waals surface area (Å²) < 4.78 is 6.32. The molecule has 0 aromatic heterocycles. The summed E-state index contributed by atoms with van der Waals surface area (Å²) >= 11 is 0. The molecule has 0 saturated heterocycles. The summed E-state index contributed by atoms with van der Waals surface area (Å²) in [6, 6.07) is 2.58. The maximum Gasteiger partial charge on any atom is 0.185 e. The van der Waals surface area contributed by atoms with Crippen LogP contribution >= 0.6 is 0 Å². The molecule has 122 valence electrons. The molecule has 0 saturated carbocycles. The maximum atomic E-state index is 6.32. The summed E-state index contributed by atoms with van der Waals surface area (Å²) in [5, 5.41) is 0. The highest BCUT2D eigenvalue weighted by atomic mass is 28.4. The van der Waals surface area contributed by atoms with Crippen molar-refractivity contribution in [3.8, 4) is 11.5 Å². The Morgan fingerprint density at radius 2 is 1.57 bits per heavy atom. The van der Waals surface area contributed by atoms with Crippen molar-refractivity contribution < 1.29 is 4.43 Å². The number of hydrogen-bond donors (Lipinski definition) is 0. The fourth-order valence-electron chi connectivity index (χ4n) is 1.96. The van der Waals surface area contributed by atoms with Crippen LogP contribution in [-0.4, -0.2) is 30.1 Å². The van der Waals surface area contributed by atoms with Crippen LogP contribution in [0.2, 0.25) is 57.9 Å². The molecule has 0 rings (SSSR count). The van der Waals surface area contributed by atoms with Crippen molar-refractivity contribution in [1.82, 2.24) is 0 Å². The van der Waals surface area contributed by atoms with Crippen molar-refractivity contribution >= 4 is 24.5 Å². The molecule has 0 aromatic rings. The Bertz CT molecular complexity index is 410. The van der Waals surface area contributed by atoms with E-state index in [1.54, 1.807) is 0 Å². The first-order valence-corrected chi connectivity index (χ1v) is 18.0. The van der Waals surface area contributed by atoms with Gasteiger partial charge in [0.2, 0.25) is 0 Å². The van der Waals surface area contributed by atoms with Gasteiger partial charge in [-0.2, -0.15) is 0 Å². The second-order valence-corrected chi connectivity index (χ2v) is 22.5. The summed E-state index contributed by atoms with van der Waals surface area (Å²) in [6.45, 7) is 24.6. The van der Waals surface area contributed by atoms with Gasteiger partial charge in [-0.1, -0.05) is 45.1 Å². The zero-order valence-electron chi connectivity index (χ0n) is 15.8. The molecule has 0 aliphatic rings. The van der Waals surface area contributed by atoms with Crippen LogP contribution in [0.1, 0.15) is 20.3 Å². The predicted octanol–water partition coefficient (Wildman–Crippen LogP) is 5.69. The minimum atomic E-state index is -1.56. The van der Waals surface area contributed by atoms with Crippen LogP contribution in [0.4, 0.5) is 0 Å². The van der Waals surface area contributed by atoms with Crippen LogP contribution in [-0.2, 0) is 4.43 Å². The topological polar surface area (TPSA) is 9.23 Å². The van der Waals surface area contributed by atoms with Crippen LogP contribution in [0.3, 0.4) is 0 Å². The minimum Gasteiger partial charge on any atom is -0.402 e. The highest BCUT2D eigenvalue weighted by molar-refractivity contribution is 6.88. The third-order valence-corrected chi connectivity index (χ3v) is 10.3. The standard InChI is InChI=1S/C17H36OSi3/c1-11-17(3,18-19(4,5)6)13-14-21(9,10)16-15-20(7,8)12-2/h12H,2,11,15-16H2,1,3-10H3. The molecular formula is C17H36OSi3. The van der Waals surface area contributed by atoms with Gasteiger partial charge in [0.05, 0.1) is 8.07 Å². The van der Waals surface area contributed by atoms with Crippen LogP contribution < -0.4 is 0 Å². The molecule has 0 amide bonds. The van der Waals surface area contributed by atoms with Gasteiger partial charge in [-0.25, -0.2) is 0 Å². The van der Waals surface area contributed by atoms with Gasteiger partial charge in [-0.15, -0.1) is 17.8 Å². The lowest BCUT2D eigenvalue weighted by atomic mass is 10.1. The van der Waals surface area contributed by atoms with Gasteiger partial charge < -0.3 is 4.43 Å². The monoisotopic (exact) mass is 340 g/mol. The Morgan fingerprint density at radius 3 is 1.95 bits per heavy atom. The molecule has 0 radical (unpaired) electrons. The average molecular weight is 341 g/mol. The lowest BCUT2D eigenvalue weighted by molar-refractivity contribution is 0.138. The fraction of sp³-hybridized carbons (Fsp3) is 0.765. The Kier molecular flexibility index (Phi) is 7.42. The van der Waals surface area contributed by atoms with E-state index in [-0.39, 0.29) is 5.60 Å². The molecule has 1 nitrogen and oxygen atoms in total. The number of hydrogen-bond acceptors (Lipinski definition) is 1. The van der Waals surface area contributed by atoms with E-state index in [1.807, 2.05) is 0 Å². The Morgan fingerprint density at radius 1 is 1.05 bits per heavy atom. The zero-order valence-corrected chi connectivity index (χ0v) is 18.8. The van der Waals surface area contributed by atoms with E-state index in [0.717, 1.165) is 6.42 Å². The van der Waals surface area contributed by atoms with E-state index in [4.69, 9.17) is 4.43 Å². The van der Waals surface area contributed by atoms with E-state index >= 15 is 0 Å². The Hall–Kier alpha value is -0.0894. The van der Waals surface area contributed by atoms with E-state index in [0.29, 0.717) is 0 Å². The Balaban J connectivity index is 4.95. The maximum absolute atomic E-state index is 6.32. The fourth-order valence-corrected chi connectivity index (χ4v) is 9.52. The summed E-state index contributed by atoms with van der Waals surface area (Å²) in [5.41, 5.74) is 5.58. The molecule has 1 atom stereocenters. The first kappa shape index (κ1) is 20.9. The van der Waals surface area contributed by atoms with Gasteiger partial charge in [-0.3, -0.25) is 0 Å². The molecule has 0 spiro atoms. The zero-order chi connectivity index (χ0) is 16.9. The van der Waals surface area contributed by atoms with Gasteiger partial charge in [0.15, 0.2) is 8.32 Å². The first-order valence-electron chi connectivity index (χ1n) is 8.12. The summed E-state index contributed by atoms with van der Waals surface area (Å²) in [7, 11) is -4.23. The first-order chi connectivity index (χ1) is 9.24. The summed E-state index contributed by atoms with van der Waals surface area (Å²) in [5.74, 6) is 3.51. The normalized spacial score (nSPS) is 15.9. The highest BCUT2D eigenvalue weighted by Crippen LogP contribution is 2.23. The molecule has 0 fully saturated rings. The molecule has 21 heavy (non-hydrogen) atoms. The van der Waals surface area contributed by atoms with Crippen LogP contribution in [0.15, 0.2) is 12.3 Å². The lowest BCUT2D eigenvalue weighted by Crippen LogP contribution is -2.40. The molecule has 0 aliphatic carbocycles. The second-order valence-electron chi connectivity index (χ2n) is 8.63. The van der Waals surface area contributed by atoms with Crippen molar-refractivity contribution in [2.24, 2.45) is 0 Å². The SMILES string of the molecule is C=C[Si](C)(C)CC[Si](C)(C)C#CC(C)(CC)O[Si](C)(C)C. The van der Waals surface area contributed by atoms with Crippen molar-refractivity contribution in [3.63, 3.8) is 0 Å². The van der Waals surface area contributed by atoms with E-state index in [2.05, 4.69) is 83.4 Å². The van der Waals surface area contributed by atoms with Crippen molar-refractivity contribution in [3.05, 3.63) is 12.3 Å². The summed E-state index contributed by atoms with van der Waals surface area (Å²) in [4.78, 5) is 0. The second kappa shape index (κ2) is 7.45. The van der Waals surface area contributed by atoms with Crippen molar-refractivity contribution in [1.29, 1.82) is 0 Å². The van der Waals surface area contributed by atoms with Gasteiger partial charge in [0.1, 0.15) is 13.7 Å². The van der Waals surface area contributed by atoms with Gasteiger partial charge in [-0.05, 0) is 39.0 Å². The van der Waals surface area contributed by atoms with Crippen molar-refractivity contribution in [2.45, 2.75) is 83.8 Å². The quantitative estimate of drug-likeness (QED) is 0.427. The third kappa shape index (κ3) is 9.51. The molecule has 0 aliphatic heterocycles. The largest absolute Gasteiger partial charge is 0.402 e.